The van der Waals surface area contributed by atoms with Crippen molar-refractivity contribution in [1.29, 1.82) is 0 Å². The molecule has 1 aromatic rings. The van der Waals surface area contributed by atoms with Crippen molar-refractivity contribution in [1.82, 2.24) is 25.2 Å². The maximum atomic E-state index is 14.5. The van der Waals surface area contributed by atoms with Crippen molar-refractivity contribution in [3.63, 3.8) is 0 Å². The molecule has 0 radical (unpaired) electrons. The molecule has 3 aliphatic heterocycles. The van der Waals surface area contributed by atoms with Crippen LogP contribution in [0.2, 0.25) is 0 Å². The number of benzene rings is 1. The number of carbonyl (C=O) groups is 5. The first-order valence-electron chi connectivity index (χ1n) is 18.6. The molecule has 13 nitrogen and oxygen atoms in total. The van der Waals surface area contributed by atoms with Crippen molar-refractivity contribution in [2.75, 3.05) is 6.54 Å². The van der Waals surface area contributed by atoms with Crippen LogP contribution >= 0.6 is 0 Å². The second kappa shape index (κ2) is 14.2. The molecule has 7 rings (SSSR count). The molecule has 3 aliphatic carbocycles. The summed E-state index contributed by atoms with van der Waals surface area (Å²) in [5.41, 5.74) is 1.87. The largest absolute Gasteiger partial charge is 0.444 e. The molecule has 3 heterocycles. The van der Waals surface area contributed by atoms with E-state index in [2.05, 4.69) is 28.0 Å². The van der Waals surface area contributed by atoms with Gasteiger partial charge in [-0.05, 0) is 74.0 Å². The smallest absolute Gasteiger partial charge is 0.410 e. The number of aryl methyl sites for hydroxylation is 1. The molecule has 1 aromatic carbocycles. The van der Waals surface area contributed by atoms with Gasteiger partial charge in [0, 0.05) is 31.8 Å². The van der Waals surface area contributed by atoms with Crippen LogP contribution in [0.1, 0.15) is 100 Å². The molecule has 3 saturated carbocycles. The van der Waals surface area contributed by atoms with Crippen LogP contribution in [0.25, 0.3) is 0 Å². The molecule has 5 atom stereocenters. The number of carbonyl (C=O) groups excluding carboxylic acids is 5. The van der Waals surface area contributed by atoms with Gasteiger partial charge in [0.2, 0.25) is 27.7 Å². The van der Waals surface area contributed by atoms with E-state index in [-0.39, 0.29) is 31.2 Å². The summed E-state index contributed by atoms with van der Waals surface area (Å²) in [4.78, 5) is 72.1. The fraction of sp³-hybridized carbons (Fsp3) is 0.649. The normalized spacial score (nSPS) is 30.5. The predicted octanol–water partition coefficient (Wildman–Crippen LogP) is 2.96. The number of nitrogens with zero attached hydrogens (tertiary/aromatic N) is 2. The topological polar surface area (TPSA) is 171 Å². The van der Waals surface area contributed by atoms with E-state index in [0.29, 0.717) is 38.8 Å². The second-order valence-electron chi connectivity index (χ2n) is 15.3. The van der Waals surface area contributed by atoms with E-state index in [1.165, 1.54) is 16.5 Å². The van der Waals surface area contributed by atoms with E-state index in [9.17, 15) is 32.4 Å². The van der Waals surface area contributed by atoms with Crippen molar-refractivity contribution in [2.45, 2.75) is 132 Å². The number of nitrogens with one attached hydrogen (secondary N) is 3. The number of hydrogen-bond acceptors (Lipinski definition) is 8. The lowest BCUT2D eigenvalue weighted by Crippen LogP contribution is -2.59. The van der Waals surface area contributed by atoms with Gasteiger partial charge in [-0.15, -0.1) is 6.58 Å². The van der Waals surface area contributed by atoms with Gasteiger partial charge in [-0.3, -0.25) is 28.8 Å². The molecule has 4 bridgehead atoms. The van der Waals surface area contributed by atoms with Gasteiger partial charge in [-0.25, -0.2) is 13.2 Å². The summed E-state index contributed by atoms with van der Waals surface area (Å²) in [7, 11) is -3.88. The molecule has 14 heteroatoms. The Morgan fingerprint density at radius 2 is 1.69 bits per heavy atom. The lowest BCUT2D eigenvalue weighted by molar-refractivity contribution is -0.143. The minimum atomic E-state index is -3.88. The summed E-state index contributed by atoms with van der Waals surface area (Å²) in [6.07, 6.45) is 9.28. The maximum Gasteiger partial charge on any atom is 0.410 e. The van der Waals surface area contributed by atoms with Crippen LogP contribution < -0.4 is 15.4 Å². The van der Waals surface area contributed by atoms with Crippen molar-refractivity contribution >= 4 is 39.7 Å². The van der Waals surface area contributed by atoms with Gasteiger partial charge in [0.15, 0.2) is 0 Å². The molecule has 276 valence electrons. The van der Waals surface area contributed by atoms with Gasteiger partial charge in [0.25, 0.3) is 5.91 Å². The summed E-state index contributed by atoms with van der Waals surface area (Å²) in [5, 5.41) is 5.18. The summed E-state index contributed by atoms with van der Waals surface area (Å²) in [5.74, 6) is -2.72. The third-order valence-corrected chi connectivity index (χ3v) is 13.6. The van der Waals surface area contributed by atoms with Gasteiger partial charge in [-0.1, -0.05) is 50.0 Å². The Hall–Kier alpha value is -3.94. The van der Waals surface area contributed by atoms with E-state index in [1.54, 1.807) is 4.90 Å². The molecule has 1 saturated heterocycles. The molecular weight excluding hydrogens is 675 g/mol. The lowest BCUT2D eigenvalue weighted by Gasteiger charge is -2.32. The first kappa shape index (κ1) is 35.5. The van der Waals surface area contributed by atoms with Gasteiger partial charge in [-0.2, -0.15) is 0 Å². The number of rotatable bonds is 7. The van der Waals surface area contributed by atoms with Crippen LogP contribution in [-0.4, -0.2) is 83.5 Å². The number of sulfonamides is 1. The Bertz CT molecular complexity index is 1710. The van der Waals surface area contributed by atoms with E-state index < -0.39 is 68.7 Å². The van der Waals surface area contributed by atoms with Gasteiger partial charge in [0.05, 0.1) is 11.8 Å². The molecule has 6 aliphatic rings. The van der Waals surface area contributed by atoms with Gasteiger partial charge < -0.3 is 20.3 Å². The van der Waals surface area contributed by atoms with Crippen LogP contribution in [-0.2, 0) is 53.4 Å². The quantitative estimate of drug-likeness (QED) is 0.361. The molecular formula is C37H49N5O8S. The maximum absolute atomic E-state index is 14.5. The van der Waals surface area contributed by atoms with Crippen LogP contribution in [0, 0.1) is 11.8 Å². The zero-order chi connectivity index (χ0) is 35.9. The molecule has 0 spiro atoms. The highest BCUT2D eigenvalue weighted by atomic mass is 32.2. The molecule has 4 fully saturated rings. The second-order valence-corrected chi connectivity index (χ2v) is 17.3. The van der Waals surface area contributed by atoms with Gasteiger partial charge >= 0.3 is 6.09 Å². The number of ether oxygens (including phenoxy) is 1. The predicted molar refractivity (Wildman–Crippen MR) is 186 cm³/mol. The van der Waals surface area contributed by atoms with Crippen LogP contribution in [0.4, 0.5) is 4.79 Å². The number of fused-ring (bicyclic) bond motifs is 3. The van der Waals surface area contributed by atoms with Crippen molar-refractivity contribution < 1.29 is 37.1 Å². The monoisotopic (exact) mass is 723 g/mol. The first-order chi connectivity index (χ1) is 24.5. The highest BCUT2D eigenvalue weighted by molar-refractivity contribution is 7.91. The zero-order valence-corrected chi connectivity index (χ0v) is 29.9. The van der Waals surface area contributed by atoms with Crippen LogP contribution in [0.15, 0.2) is 30.9 Å². The van der Waals surface area contributed by atoms with Crippen LogP contribution in [0.5, 0.6) is 0 Å². The van der Waals surface area contributed by atoms with Crippen molar-refractivity contribution in [3.8, 4) is 0 Å². The molecule has 51 heavy (non-hydrogen) atoms. The highest BCUT2D eigenvalue weighted by Crippen LogP contribution is 2.45. The number of amides is 5. The van der Waals surface area contributed by atoms with Crippen LogP contribution in [0.3, 0.4) is 0 Å². The third kappa shape index (κ3) is 7.38. The third-order valence-electron chi connectivity index (χ3n) is 11.8. The Morgan fingerprint density at radius 1 is 0.961 bits per heavy atom. The molecule has 0 aromatic heterocycles. The fourth-order valence-corrected chi connectivity index (χ4v) is 9.88. The van der Waals surface area contributed by atoms with E-state index >= 15 is 0 Å². The van der Waals surface area contributed by atoms with E-state index in [1.807, 2.05) is 12.1 Å². The summed E-state index contributed by atoms with van der Waals surface area (Å²) in [6, 6.07) is 4.16. The Morgan fingerprint density at radius 3 is 2.39 bits per heavy atom. The average molecular weight is 724 g/mol. The summed E-state index contributed by atoms with van der Waals surface area (Å²) < 4.78 is 33.5. The summed E-state index contributed by atoms with van der Waals surface area (Å²) >= 11 is 0. The first-order valence-corrected chi connectivity index (χ1v) is 20.2. The van der Waals surface area contributed by atoms with Crippen molar-refractivity contribution in [3.05, 3.63) is 47.5 Å². The zero-order valence-electron chi connectivity index (χ0n) is 29.1. The molecule has 5 amide bonds. The Kier molecular flexibility index (Phi) is 9.90. The Balaban J connectivity index is 1.15. The standard InChI is InChI=1S/C37H49N5O8S/c1-2-26-19-37(26,35(46)40-51(48,49)28-16-17-28)39-33(44)30-18-27-21-42(30)34(45)32(24-11-7-8-12-24)38-31(43)15-6-4-3-5-10-23-13-9-14-25-20-41(22-29(23)25)36(47)50-27/h2,9,13-14,24,26-28,30,32H,1,3-8,10-12,15-22H2,(H,38,43)(H,39,44)(H,40,46)/t26-,27-,30+,32+,37-/m1/s1. The minimum Gasteiger partial charge on any atom is -0.444 e. The summed E-state index contributed by atoms with van der Waals surface area (Å²) in [6.45, 7) is 4.53. The lowest BCUT2D eigenvalue weighted by atomic mass is 9.95. The number of hydrogen-bond donors (Lipinski definition) is 3. The van der Waals surface area contributed by atoms with Crippen molar-refractivity contribution in [2.24, 2.45) is 11.8 Å². The highest BCUT2D eigenvalue weighted by Gasteiger charge is 2.62. The fourth-order valence-electron chi connectivity index (χ4n) is 8.52. The van der Waals surface area contributed by atoms with E-state index in [4.69, 9.17) is 4.74 Å². The molecule has 3 N–H and O–H groups in total. The van der Waals surface area contributed by atoms with E-state index in [0.717, 1.165) is 62.5 Å². The Labute approximate surface area is 299 Å². The molecule has 0 unspecified atom stereocenters. The minimum absolute atomic E-state index is 0.0164. The SMILES string of the molecule is C=C[C@@H]1C[C@]1(NC(=O)[C@@H]1C[C@@H]2CN1C(=O)[C@H](C1CCCC1)NC(=O)CCCCCCc1cccc3c1CN(C3)C(=O)O2)C(=O)NS(=O)(=O)C1CC1. The average Bonchev–Trinajstić information content (AvgIpc) is 3.88. The van der Waals surface area contributed by atoms with Gasteiger partial charge in [0.1, 0.15) is 23.7 Å².